The first-order chi connectivity index (χ1) is 33.9. The van der Waals surface area contributed by atoms with Crippen LogP contribution >= 0.6 is 0 Å². The normalized spacial score (nSPS) is 16.8. The molecule has 26 nitrogen and oxygen atoms in total. The highest BCUT2D eigenvalue weighted by atomic mass is 32.2. The van der Waals surface area contributed by atoms with Crippen LogP contribution in [0, 0.1) is 0 Å². The lowest BCUT2D eigenvalue weighted by molar-refractivity contribution is 0.105. The number of benzene rings is 5. The molecule has 8 rings (SSSR count). The topological polar surface area (TPSA) is 448 Å². The van der Waals surface area contributed by atoms with Crippen LogP contribution in [0.1, 0.15) is 47.8 Å². The summed E-state index contributed by atoms with van der Waals surface area (Å²) in [5.41, 5.74) is 15.7. The number of hydrazone groups is 3. The van der Waals surface area contributed by atoms with E-state index < -0.39 is 127 Å². The minimum absolute atomic E-state index is 0.0884. The van der Waals surface area contributed by atoms with Crippen molar-refractivity contribution in [2.45, 2.75) is 9.79 Å². The fourth-order valence-electron chi connectivity index (χ4n) is 7.40. The molecule has 0 unspecified atom stereocenters. The van der Waals surface area contributed by atoms with Gasteiger partial charge in [-0.1, -0.05) is 24.3 Å². The number of rotatable bonds is 12. The number of carbonyl (C=O) groups is 3. The fourth-order valence-corrected chi connectivity index (χ4v) is 10.5. The van der Waals surface area contributed by atoms with Crippen LogP contribution in [0.5, 0.6) is 0 Å². The quantitative estimate of drug-likeness (QED) is 0.0484. The van der Waals surface area contributed by atoms with Gasteiger partial charge in [-0.3, -0.25) is 53.4 Å². The zero-order valence-corrected chi connectivity index (χ0v) is 40.1. The van der Waals surface area contributed by atoms with Crippen LogP contribution < -0.4 is 27.7 Å². The molecule has 0 aromatic heterocycles. The second kappa shape index (κ2) is 18.2. The van der Waals surface area contributed by atoms with Gasteiger partial charge in [0.15, 0.2) is 17.1 Å². The molecule has 5 aromatic carbocycles. The lowest BCUT2D eigenvalue weighted by atomic mass is 9.93. The zero-order valence-electron chi connectivity index (χ0n) is 36.0. The molecule has 0 fully saturated rings. The van der Waals surface area contributed by atoms with Gasteiger partial charge >= 0.3 is 0 Å². The fraction of sp³-hybridized carbons (Fsp3) is 0. The monoisotopic (exact) mass is 1090 g/mol. The van der Waals surface area contributed by atoms with Crippen LogP contribution in [0.15, 0.2) is 131 Å². The minimum atomic E-state index is -5.23. The van der Waals surface area contributed by atoms with E-state index in [1.54, 1.807) is 24.3 Å². The number of hydrogen-bond donors (Lipinski definition) is 10. The first-order valence-corrected chi connectivity index (χ1v) is 27.0. The largest absolute Gasteiger partial charge is 0.398 e. The summed E-state index contributed by atoms with van der Waals surface area (Å²) in [5, 5.41) is 11.6. The number of nitrogens with one attached hydrogen (secondary N) is 3. The number of carbonyl (C=O) groups excluding carboxylic acids is 3. The first-order valence-electron chi connectivity index (χ1n) is 19.8. The summed E-state index contributed by atoms with van der Waals surface area (Å²) in [6, 6.07) is 19.0. The number of ketones is 3. The number of hydrogen-bond acceptors (Lipinski definition) is 21. The van der Waals surface area contributed by atoms with E-state index in [-0.39, 0.29) is 44.9 Å². The van der Waals surface area contributed by atoms with Gasteiger partial charge in [0.25, 0.3) is 50.6 Å². The zero-order chi connectivity index (χ0) is 53.3. The van der Waals surface area contributed by atoms with Crippen LogP contribution in [-0.4, -0.2) is 99.3 Å². The van der Waals surface area contributed by atoms with E-state index in [2.05, 4.69) is 31.6 Å². The van der Waals surface area contributed by atoms with Gasteiger partial charge in [-0.15, -0.1) is 0 Å². The number of nitrogens with two attached hydrogens (primary N) is 2. The maximum Gasteiger partial charge on any atom is 0.296 e. The molecule has 0 saturated carbocycles. The van der Waals surface area contributed by atoms with Crippen LogP contribution in [0.2, 0.25) is 0 Å². The number of nitrogens with zero attached hydrogens (tertiary/aromatic N) is 3. The molecule has 0 radical (unpaired) electrons. The molecule has 3 aliphatic carbocycles. The Hall–Kier alpha value is -8.11. The Morgan fingerprint density at radius 2 is 0.712 bits per heavy atom. The van der Waals surface area contributed by atoms with Crippen molar-refractivity contribution < 1.29 is 79.2 Å². The highest BCUT2D eigenvalue weighted by Gasteiger charge is 2.38. The van der Waals surface area contributed by atoms with Gasteiger partial charge in [0.1, 0.15) is 14.7 Å². The number of allylic oxidation sites excluding steroid dienone is 3. The molecule has 12 N–H and O–H groups in total. The van der Waals surface area contributed by atoms with E-state index in [0.717, 1.165) is 42.5 Å². The Labute approximate surface area is 412 Å². The van der Waals surface area contributed by atoms with E-state index in [4.69, 9.17) is 11.5 Å². The standard InChI is InChI=1S/C42H30N8O18S5/c43-30-17-27(69(54,55)56)12-22-15-33(72(63,64)65)38(41(52)35(22)30)49-46-25-7-3-20(4-8-25)19-1-5-24(6-2-19)45-48-37-32(71(60,61)62)14-21-11-26(9-10-29(21)40(37)51)47-50-39-34(73(66,67)68)16-23-13-28(70(57,58)59)18-31(44)36(23)42(39)53/h1-18,45-47H,43-44H2,(H,54,55,56)(H,57,58,59)(H,60,61,62)(H,63,64,65)(H,66,67,68)/b48-37+,49-38+,50-39+. The van der Waals surface area contributed by atoms with Gasteiger partial charge in [-0.25, -0.2) is 0 Å². The summed E-state index contributed by atoms with van der Waals surface area (Å²) >= 11 is 0. The molecule has 5 aromatic rings. The van der Waals surface area contributed by atoms with E-state index in [1.165, 1.54) is 36.4 Å². The molecule has 376 valence electrons. The Balaban J connectivity index is 0.989. The smallest absolute Gasteiger partial charge is 0.296 e. The van der Waals surface area contributed by atoms with Crippen molar-refractivity contribution >= 4 is 132 Å². The first kappa shape index (κ1) is 51.3. The molecule has 31 heteroatoms. The summed E-state index contributed by atoms with van der Waals surface area (Å²) in [4.78, 5) is 36.0. The van der Waals surface area contributed by atoms with Crippen molar-refractivity contribution in [1.29, 1.82) is 0 Å². The average Bonchev–Trinajstić information content (AvgIpc) is 3.28. The molecule has 3 aliphatic rings. The number of nitrogen functional groups attached to an aromatic ring is 2. The molecular formula is C42H30N8O18S5. The summed E-state index contributed by atoms with van der Waals surface area (Å²) in [6.07, 6.45) is 2.36. The summed E-state index contributed by atoms with van der Waals surface area (Å²) in [6.45, 7) is 0. The molecule has 0 amide bonds. The van der Waals surface area contributed by atoms with Gasteiger partial charge < -0.3 is 11.5 Å². The van der Waals surface area contributed by atoms with E-state index in [1.807, 2.05) is 0 Å². The molecule has 0 spiro atoms. The Morgan fingerprint density at radius 3 is 1.07 bits per heavy atom. The number of anilines is 5. The molecular weight excluding hydrogens is 1060 g/mol. The van der Waals surface area contributed by atoms with E-state index in [0.29, 0.717) is 17.2 Å². The third-order valence-electron chi connectivity index (χ3n) is 10.7. The van der Waals surface area contributed by atoms with Crippen molar-refractivity contribution in [2.75, 3.05) is 27.7 Å². The minimum Gasteiger partial charge on any atom is -0.398 e. The maximum atomic E-state index is 13.7. The van der Waals surface area contributed by atoms with Gasteiger partial charge in [-0.2, -0.15) is 57.4 Å². The third-order valence-corrected chi connectivity index (χ3v) is 15.0. The molecule has 0 saturated heterocycles. The Morgan fingerprint density at radius 1 is 0.384 bits per heavy atom. The predicted octanol–water partition coefficient (Wildman–Crippen LogP) is 3.69. The molecule has 0 atom stereocenters. The maximum absolute atomic E-state index is 13.7. The lowest BCUT2D eigenvalue weighted by Crippen LogP contribution is -2.28. The van der Waals surface area contributed by atoms with E-state index >= 15 is 0 Å². The lowest BCUT2D eigenvalue weighted by Gasteiger charge is -2.19. The highest BCUT2D eigenvalue weighted by Crippen LogP contribution is 2.35. The number of Topliss-reactive ketones (excluding diaryl/α,β-unsaturated/α-hetero) is 3. The SMILES string of the molecule is Nc1cc(S(=O)(=O)O)cc2c1C(=O)/C(=N/Nc1ccc(-c3ccc(N/N=C4/C(=O)c5ccc(N/N=C6/C(=O)c7c(N)cc(S(=O)(=O)O)cc7C=C6S(=O)(=O)O)cc5C=C4S(=O)(=O)O)cc3)cc1)C(S(=O)(=O)O)=C2. The van der Waals surface area contributed by atoms with Gasteiger partial charge in [0, 0.05) is 16.9 Å². The second-order valence-corrected chi connectivity index (χ2v) is 22.5. The van der Waals surface area contributed by atoms with Crippen LogP contribution in [0.3, 0.4) is 0 Å². The Kier molecular flexibility index (Phi) is 12.8. The van der Waals surface area contributed by atoms with Gasteiger partial charge in [0.2, 0.25) is 17.3 Å². The Bertz CT molecular complexity index is 4130. The second-order valence-electron chi connectivity index (χ2n) is 15.5. The summed E-state index contributed by atoms with van der Waals surface area (Å²) in [7, 11) is -25.2. The molecule has 73 heavy (non-hydrogen) atoms. The van der Waals surface area contributed by atoms with Crippen molar-refractivity contribution in [2.24, 2.45) is 15.3 Å². The van der Waals surface area contributed by atoms with Crippen LogP contribution in [0.25, 0.3) is 29.4 Å². The summed E-state index contributed by atoms with van der Waals surface area (Å²) in [5.74, 6) is -3.27. The number of fused-ring (bicyclic) bond motifs is 3. The predicted molar refractivity (Wildman–Crippen MR) is 264 cm³/mol. The van der Waals surface area contributed by atoms with Gasteiger partial charge in [0.05, 0.1) is 38.0 Å². The summed E-state index contributed by atoms with van der Waals surface area (Å²) < 4.78 is 170. The highest BCUT2D eigenvalue weighted by molar-refractivity contribution is 7.92. The average molecular weight is 1100 g/mol. The molecule has 0 heterocycles. The van der Waals surface area contributed by atoms with Crippen LogP contribution in [-0.2, 0) is 50.6 Å². The van der Waals surface area contributed by atoms with Crippen molar-refractivity contribution in [1.82, 2.24) is 0 Å². The third kappa shape index (κ3) is 10.3. The molecule has 0 aliphatic heterocycles. The van der Waals surface area contributed by atoms with Crippen molar-refractivity contribution in [3.63, 3.8) is 0 Å². The van der Waals surface area contributed by atoms with Crippen molar-refractivity contribution in [3.05, 3.63) is 139 Å². The van der Waals surface area contributed by atoms with E-state index in [9.17, 15) is 79.2 Å². The molecule has 0 bridgehead atoms. The van der Waals surface area contributed by atoms with Crippen LogP contribution in [0.4, 0.5) is 28.4 Å². The van der Waals surface area contributed by atoms with Crippen molar-refractivity contribution in [3.8, 4) is 11.1 Å². The van der Waals surface area contributed by atoms with Gasteiger partial charge in [-0.05, 0) is 113 Å².